The molecule has 0 aromatic heterocycles. The molecule has 1 aliphatic carbocycles. The summed E-state index contributed by atoms with van der Waals surface area (Å²) < 4.78 is 11.6. The second-order valence-electron chi connectivity index (χ2n) is 8.08. The van der Waals surface area contributed by atoms with Gasteiger partial charge in [0.15, 0.2) is 0 Å². The molecule has 2 atom stereocenters. The molecule has 1 aromatic rings. The predicted octanol–water partition coefficient (Wildman–Crippen LogP) is 6.51. The average molecular weight is 357 g/mol. The number of allylic oxidation sites excluding steroid dienone is 1. The van der Waals surface area contributed by atoms with Gasteiger partial charge in [-0.25, -0.2) is 0 Å². The molecule has 0 N–H and O–H groups in total. The van der Waals surface area contributed by atoms with Crippen LogP contribution in [0.15, 0.2) is 36.4 Å². The zero-order valence-electron chi connectivity index (χ0n) is 16.7. The minimum absolute atomic E-state index is 0.522. The van der Waals surface area contributed by atoms with Gasteiger partial charge in [0.1, 0.15) is 5.75 Å². The zero-order valence-corrected chi connectivity index (χ0v) is 16.7. The van der Waals surface area contributed by atoms with Crippen molar-refractivity contribution in [3.63, 3.8) is 0 Å². The van der Waals surface area contributed by atoms with Crippen LogP contribution in [-0.2, 0) is 4.74 Å². The first-order valence-corrected chi connectivity index (χ1v) is 10.8. The number of benzene rings is 1. The van der Waals surface area contributed by atoms with E-state index < -0.39 is 0 Å². The number of ether oxygens (including phenoxy) is 2. The Labute approximate surface area is 160 Å². The van der Waals surface area contributed by atoms with E-state index in [4.69, 9.17) is 9.47 Å². The molecule has 3 rings (SSSR count). The minimum atomic E-state index is 0.522. The Bertz CT molecular complexity index is 532. The van der Waals surface area contributed by atoms with Crippen molar-refractivity contribution in [2.24, 2.45) is 11.8 Å². The summed E-state index contributed by atoms with van der Waals surface area (Å²) in [7, 11) is 0. The van der Waals surface area contributed by atoms with E-state index in [1.807, 2.05) is 6.92 Å². The second kappa shape index (κ2) is 10.2. The molecule has 1 saturated carbocycles. The normalized spacial score (nSPS) is 29.8. The van der Waals surface area contributed by atoms with Crippen molar-refractivity contribution < 1.29 is 9.47 Å². The summed E-state index contributed by atoms with van der Waals surface area (Å²) in [6.45, 7) is 5.95. The third kappa shape index (κ3) is 5.61. The van der Waals surface area contributed by atoms with Crippen molar-refractivity contribution in [2.75, 3.05) is 13.2 Å². The lowest BCUT2D eigenvalue weighted by molar-refractivity contribution is -0.00852. The lowest BCUT2D eigenvalue weighted by atomic mass is 9.78. The van der Waals surface area contributed by atoms with Crippen LogP contribution in [0.1, 0.15) is 76.7 Å². The van der Waals surface area contributed by atoms with Gasteiger partial charge in [0.2, 0.25) is 0 Å². The van der Waals surface area contributed by atoms with Crippen LogP contribution in [0.3, 0.4) is 0 Å². The fraction of sp³-hybridized carbons (Fsp3) is 0.667. The average Bonchev–Trinajstić information content (AvgIpc) is 2.69. The Balaban J connectivity index is 1.41. The van der Waals surface area contributed by atoms with Gasteiger partial charge >= 0.3 is 0 Å². The number of hydrogen-bond donors (Lipinski definition) is 0. The van der Waals surface area contributed by atoms with Gasteiger partial charge in [-0.2, -0.15) is 0 Å². The van der Waals surface area contributed by atoms with Gasteiger partial charge in [-0.05, 0) is 81.4 Å². The molecule has 0 spiro atoms. The first-order valence-electron chi connectivity index (χ1n) is 10.8. The summed E-state index contributed by atoms with van der Waals surface area (Å²) in [6, 6.07) is 8.77. The number of hydrogen-bond acceptors (Lipinski definition) is 2. The summed E-state index contributed by atoms with van der Waals surface area (Å²) in [5.74, 6) is 3.13. The maximum Gasteiger partial charge on any atom is 0.119 e. The van der Waals surface area contributed by atoms with Gasteiger partial charge in [-0.15, -0.1) is 0 Å². The second-order valence-corrected chi connectivity index (χ2v) is 8.08. The molecular formula is C24H36O2. The molecule has 1 saturated heterocycles. The van der Waals surface area contributed by atoms with Crippen molar-refractivity contribution in [3.05, 3.63) is 42.0 Å². The molecule has 2 nitrogen and oxygen atoms in total. The highest BCUT2D eigenvalue weighted by Gasteiger charge is 2.22. The van der Waals surface area contributed by atoms with Crippen LogP contribution in [-0.4, -0.2) is 19.3 Å². The topological polar surface area (TPSA) is 18.5 Å². The molecule has 1 heterocycles. The fourth-order valence-electron chi connectivity index (χ4n) is 4.49. The summed E-state index contributed by atoms with van der Waals surface area (Å²) >= 11 is 0. The fourth-order valence-corrected chi connectivity index (χ4v) is 4.49. The highest BCUT2D eigenvalue weighted by Crippen LogP contribution is 2.37. The van der Waals surface area contributed by atoms with E-state index in [0.29, 0.717) is 12.0 Å². The maximum atomic E-state index is 6.01. The van der Waals surface area contributed by atoms with Gasteiger partial charge in [0.05, 0.1) is 19.3 Å². The Hall–Kier alpha value is -1.28. The van der Waals surface area contributed by atoms with Crippen LogP contribution in [0, 0.1) is 11.8 Å². The Morgan fingerprint density at radius 3 is 2.23 bits per heavy atom. The van der Waals surface area contributed by atoms with Crippen molar-refractivity contribution in [2.45, 2.75) is 77.2 Å². The van der Waals surface area contributed by atoms with E-state index in [1.54, 1.807) is 0 Å². The smallest absolute Gasteiger partial charge is 0.119 e. The van der Waals surface area contributed by atoms with Crippen LogP contribution < -0.4 is 4.74 Å². The van der Waals surface area contributed by atoms with Crippen LogP contribution in [0.2, 0.25) is 0 Å². The number of rotatable bonds is 7. The molecule has 1 aliphatic heterocycles. The van der Waals surface area contributed by atoms with Crippen LogP contribution >= 0.6 is 0 Å². The first-order chi connectivity index (χ1) is 12.8. The third-order valence-electron chi connectivity index (χ3n) is 6.11. The molecular weight excluding hydrogens is 320 g/mol. The SMILES string of the molecule is CCCC1CCC(C=CC2CCC(c3ccc(OCC)cc3)CC2)CO1. The first kappa shape index (κ1) is 19.5. The van der Waals surface area contributed by atoms with E-state index >= 15 is 0 Å². The molecule has 1 aromatic carbocycles. The molecule has 2 unspecified atom stereocenters. The maximum absolute atomic E-state index is 6.01. The summed E-state index contributed by atoms with van der Waals surface area (Å²) in [4.78, 5) is 0. The third-order valence-corrected chi connectivity index (χ3v) is 6.11. The van der Waals surface area contributed by atoms with Crippen molar-refractivity contribution >= 4 is 0 Å². The zero-order chi connectivity index (χ0) is 18.2. The van der Waals surface area contributed by atoms with Gasteiger partial charge in [0.25, 0.3) is 0 Å². The van der Waals surface area contributed by atoms with E-state index in [2.05, 4.69) is 43.3 Å². The molecule has 2 heteroatoms. The summed E-state index contributed by atoms with van der Waals surface area (Å²) in [6.07, 6.45) is 15.8. The molecule has 144 valence electrons. The highest BCUT2D eigenvalue weighted by molar-refractivity contribution is 5.29. The van der Waals surface area contributed by atoms with E-state index in [-0.39, 0.29) is 0 Å². The minimum Gasteiger partial charge on any atom is -0.494 e. The molecule has 0 radical (unpaired) electrons. The predicted molar refractivity (Wildman–Crippen MR) is 109 cm³/mol. The van der Waals surface area contributed by atoms with Crippen molar-refractivity contribution in [1.82, 2.24) is 0 Å². The lowest BCUT2D eigenvalue weighted by Gasteiger charge is -2.29. The van der Waals surface area contributed by atoms with Gasteiger partial charge in [-0.1, -0.05) is 37.6 Å². The van der Waals surface area contributed by atoms with Crippen LogP contribution in [0.4, 0.5) is 0 Å². The molecule has 2 fully saturated rings. The van der Waals surface area contributed by atoms with E-state index in [9.17, 15) is 0 Å². The molecule has 2 aliphatic rings. The van der Waals surface area contributed by atoms with Gasteiger partial charge in [0, 0.05) is 5.92 Å². The molecule has 0 bridgehead atoms. The quantitative estimate of drug-likeness (QED) is 0.518. The largest absolute Gasteiger partial charge is 0.494 e. The summed E-state index contributed by atoms with van der Waals surface area (Å²) in [5, 5.41) is 0. The molecule has 26 heavy (non-hydrogen) atoms. The van der Waals surface area contributed by atoms with E-state index in [1.165, 1.54) is 56.9 Å². The standard InChI is InChI=1S/C24H36O2/c1-3-5-23-15-10-20(18-26-23)7-6-19-8-11-21(12-9-19)22-13-16-24(17-14-22)25-4-2/h6-7,13-14,16-17,19-21,23H,3-5,8-12,15,18H2,1-2H3. The lowest BCUT2D eigenvalue weighted by Crippen LogP contribution is -2.24. The highest BCUT2D eigenvalue weighted by atomic mass is 16.5. The monoisotopic (exact) mass is 356 g/mol. The van der Waals surface area contributed by atoms with Crippen molar-refractivity contribution in [3.8, 4) is 5.75 Å². The van der Waals surface area contributed by atoms with Gasteiger partial charge < -0.3 is 9.47 Å². The molecule has 0 amide bonds. The Morgan fingerprint density at radius 1 is 0.923 bits per heavy atom. The van der Waals surface area contributed by atoms with E-state index in [0.717, 1.165) is 30.8 Å². The van der Waals surface area contributed by atoms with Gasteiger partial charge in [-0.3, -0.25) is 0 Å². The summed E-state index contributed by atoms with van der Waals surface area (Å²) in [5.41, 5.74) is 1.48. The Morgan fingerprint density at radius 2 is 1.62 bits per heavy atom. The van der Waals surface area contributed by atoms with Crippen LogP contribution in [0.5, 0.6) is 5.75 Å². The van der Waals surface area contributed by atoms with Crippen molar-refractivity contribution in [1.29, 1.82) is 0 Å². The Kier molecular flexibility index (Phi) is 7.61. The van der Waals surface area contributed by atoms with Crippen LogP contribution in [0.25, 0.3) is 0 Å².